The van der Waals surface area contributed by atoms with E-state index >= 15 is 0 Å². The van der Waals surface area contributed by atoms with Crippen LogP contribution in [0.4, 0.5) is 0 Å². The van der Waals surface area contributed by atoms with Gasteiger partial charge in [0.1, 0.15) is 6.54 Å². The van der Waals surface area contributed by atoms with Gasteiger partial charge in [-0.3, -0.25) is 4.79 Å². The lowest BCUT2D eigenvalue weighted by Crippen LogP contribution is -2.44. The maximum absolute atomic E-state index is 11.9. The van der Waals surface area contributed by atoms with Crippen molar-refractivity contribution in [3.63, 3.8) is 0 Å². The predicted octanol–water partition coefficient (Wildman–Crippen LogP) is 0.510. The first-order valence-corrected chi connectivity index (χ1v) is 7.07. The van der Waals surface area contributed by atoms with Gasteiger partial charge in [-0.1, -0.05) is 6.92 Å². The summed E-state index contributed by atoms with van der Waals surface area (Å²) >= 11 is 0. The van der Waals surface area contributed by atoms with Crippen molar-refractivity contribution < 1.29 is 9.53 Å². The van der Waals surface area contributed by atoms with Crippen LogP contribution in [-0.4, -0.2) is 67.6 Å². The zero-order valence-electron chi connectivity index (χ0n) is 12.1. The normalized spacial score (nSPS) is 21.6. The van der Waals surface area contributed by atoms with E-state index in [-0.39, 0.29) is 36.4 Å². The van der Waals surface area contributed by atoms with Crippen LogP contribution in [0.1, 0.15) is 19.8 Å². The lowest BCUT2D eigenvalue weighted by molar-refractivity contribution is -0.133. The van der Waals surface area contributed by atoms with Crippen LogP contribution in [0.25, 0.3) is 0 Å². The average molecular weight is 396 g/mol. The van der Waals surface area contributed by atoms with Crippen molar-refractivity contribution in [3.8, 4) is 0 Å². The minimum absolute atomic E-state index is 0. The summed E-state index contributed by atoms with van der Waals surface area (Å²) in [6.45, 7) is 6.86. The van der Waals surface area contributed by atoms with Gasteiger partial charge in [-0.2, -0.15) is 0 Å². The first kappa shape index (κ1) is 17.5. The molecule has 1 amide bonds. The van der Waals surface area contributed by atoms with Gasteiger partial charge >= 0.3 is 0 Å². The smallest absolute Gasteiger partial charge is 0.244 e. The molecule has 0 unspecified atom stereocenters. The number of aliphatic imine (C=N–C) groups is 1. The molecule has 0 aromatic carbocycles. The summed E-state index contributed by atoms with van der Waals surface area (Å²) in [6.07, 6.45) is 2.29. The van der Waals surface area contributed by atoms with Gasteiger partial charge in [-0.25, -0.2) is 4.99 Å². The maximum atomic E-state index is 11.9. The number of guanidine groups is 1. The largest absolute Gasteiger partial charge is 0.378 e. The Balaban J connectivity index is 0.00000200. The molecule has 116 valence electrons. The Morgan fingerprint density at radius 2 is 1.80 bits per heavy atom. The number of carbonyl (C=O) groups excluding carboxylic acids is 1. The Morgan fingerprint density at radius 3 is 2.40 bits per heavy atom. The van der Waals surface area contributed by atoms with Gasteiger partial charge in [0.25, 0.3) is 0 Å². The summed E-state index contributed by atoms with van der Waals surface area (Å²) in [5, 5.41) is 0. The molecule has 2 heterocycles. The van der Waals surface area contributed by atoms with Crippen LogP contribution in [0.3, 0.4) is 0 Å². The van der Waals surface area contributed by atoms with Crippen LogP contribution < -0.4 is 5.73 Å². The summed E-state index contributed by atoms with van der Waals surface area (Å²) in [5.74, 6) is 1.31. The number of rotatable bonds is 2. The topological polar surface area (TPSA) is 71.2 Å². The van der Waals surface area contributed by atoms with Crippen molar-refractivity contribution in [2.24, 2.45) is 16.6 Å². The SMILES string of the molecule is CC1CCN(C(N)=NCC(=O)N2CCOCC2)CC1.I. The number of amides is 1. The highest BCUT2D eigenvalue weighted by molar-refractivity contribution is 14.0. The summed E-state index contributed by atoms with van der Waals surface area (Å²) < 4.78 is 5.22. The molecule has 2 rings (SSSR count). The fraction of sp³-hybridized carbons (Fsp3) is 0.846. The number of ether oxygens (including phenoxy) is 1. The van der Waals surface area contributed by atoms with Gasteiger partial charge in [0.05, 0.1) is 13.2 Å². The number of halogens is 1. The molecule has 2 aliphatic rings. The molecule has 0 bridgehead atoms. The van der Waals surface area contributed by atoms with Crippen molar-refractivity contribution in [2.75, 3.05) is 45.9 Å². The number of likely N-dealkylation sites (tertiary alicyclic amines) is 1. The van der Waals surface area contributed by atoms with Gasteiger partial charge in [-0.15, -0.1) is 24.0 Å². The number of nitrogens with two attached hydrogens (primary N) is 1. The van der Waals surface area contributed by atoms with E-state index in [1.54, 1.807) is 4.90 Å². The molecular weight excluding hydrogens is 371 g/mol. The van der Waals surface area contributed by atoms with E-state index in [1.807, 2.05) is 0 Å². The third-order valence-electron chi connectivity index (χ3n) is 3.85. The van der Waals surface area contributed by atoms with Crippen molar-refractivity contribution in [1.82, 2.24) is 9.80 Å². The van der Waals surface area contributed by atoms with E-state index in [0.717, 1.165) is 31.8 Å². The van der Waals surface area contributed by atoms with Gasteiger partial charge in [-0.05, 0) is 18.8 Å². The molecule has 0 radical (unpaired) electrons. The molecule has 2 aliphatic heterocycles. The highest BCUT2D eigenvalue weighted by Crippen LogP contribution is 2.15. The summed E-state index contributed by atoms with van der Waals surface area (Å²) in [4.78, 5) is 20.0. The molecule has 2 saturated heterocycles. The van der Waals surface area contributed by atoms with Crippen LogP contribution in [-0.2, 0) is 9.53 Å². The molecule has 2 fully saturated rings. The highest BCUT2D eigenvalue weighted by atomic mass is 127. The molecular formula is C13H25IN4O2. The van der Waals surface area contributed by atoms with Crippen LogP contribution in [0, 0.1) is 5.92 Å². The molecule has 20 heavy (non-hydrogen) atoms. The fourth-order valence-electron chi connectivity index (χ4n) is 2.40. The number of nitrogens with zero attached hydrogens (tertiary/aromatic N) is 3. The zero-order chi connectivity index (χ0) is 13.7. The van der Waals surface area contributed by atoms with E-state index in [2.05, 4.69) is 16.8 Å². The quantitative estimate of drug-likeness (QED) is 0.420. The van der Waals surface area contributed by atoms with Gasteiger partial charge in [0, 0.05) is 26.2 Å². The first-order valence-electron chi connectivity index (χ1n) is 7.07. The first-order chi connectivity index (χ1) is 9.16. The molecule has 6 nitrogen and oxygen atoms in total. The Morgan fingerprint density at radius 1 is 1.20 bits per heavy atom. The number of hydrogen-bond acceptors (Lipinski definition) is 3. The van der Waals surface area contributed by atoms with Gasteiger partial charge in [0.15, 0.2) is 5.96 Å². The summed E-state index contributed by atoms with van der Waals surface area (Å²) in [6, 6.07) is 0. The second-order valence-electron chi connectivity index (χ2n) is 5.34. The van der Waals surface area contributed by atoms with E-state index in [0.29, 0.717) is 32.3 Å². The fourth-order valence-corrected chi connectivity index (χ4v) is 2.40. The lowest BCUT2D eigenvalue weighted by Gasteiger charge is -2.31. The number of hydrogen-bond donors (Lipinski definition) is 1. The second-order valence-corrected chi connectivity index (χ2v) is 5.34. The third kappa shape index (κ3) is 5.08. The summed E-state index contributed by atoms with van der Waals surface area (Å²) in [7, 11) is 0. The van der Waals surface area contributed by atoms with E-state index in [1.165, 1.54) is 0 Å². The van der Waals surface area contributed by atoms with Crippen LogP contribution in [0.5, 0.6) is 0 Å². The average Bonchev–Trinajstić information content (AvgIpc) is 2.46. The number of morpholine rings is 1. The zero-order valence-corrected chi connectivity index (χ0v) is 14.4. The Labute approximate surface area is 137 Å². The molecule has 7 heteroatoms. The van der Waals surface area contributed by atoms with Gasteiger partial charge in [0.2, 0.25) is 5.91 Å². The van der Waals surface area contributed by atoms with Crippen LogP contribution in [0.15, 0.2) is 4.99 Å². The monoisotopic (exact) mass is 396 g/mol. The minimum atomic E-state index is 0. The molecule has 0 aromatic rings. The number of carbonyl (C=O) groups is 1. The second kappa shape index (κ2) is 8.66. The van der Waals surface area contributed by atoms with Gasteiger partial charge < -0.3 is 20.3 Å². The molecule has 0 aromatic heterocycles. The maximum Gasteiger partial charge on any atom is 0.244 e. The van der Waals surface area contributed by atoms with E-state index in [4.69, 9.17) is 10.5 Å². The summed E-state index contributed by atoms with van der Waals surface area (Å²) in [5.41, 5.74) is 5.95. The lowest BCUT2D eigenvalue weighted by atomic mass is 10.00. The third-order valence-corrected chi connectivity index (χ3v) is 3.85. The minimum Gasteiger partial charge on any atom is -0.378 e. The standard InChI is InChI=1S/C13H24N4O2.HI/c1-11-2-4-17(5-3-11)13(14)15-10-12(18)16-6-8-19-9-7-16;/h11H,2-10H2,1H3,(H2,14,15);1H. The predicted molar refractivity (Wildman–Crippen MR) is 89.3 cm³/mol. The van der Waals surface area contributed by atoms with Crippen LogP contribution >= 0.6 is 24.0 Å². The Hall–Kier alpha value is -0.570. The molecule has 0 atom stereocenters. The molecule has 0 spiro atoms. The van der Waals surface area contributed by atoms with Crippen molar-refractivity contribution in [3.05, 3.63) is 0 Å². The Bertz CT molecular complexity index is 337. The van der Waals surface area contributed by atoms with E-state index < -0.39 is 0 Å². The van der Waals surface area contributed by atoms with Crippen LogP contribution in [0.2, 0.25) is 0 Å². The molecule has 0 aliphatic carbocycles. The highest BCUT2D eigenvalue weighted by Gasteiger charge is 2.19. The van der Waals surface area contributed by atoms with E-state index in [9.17, 15) is 4.79 Å². The molecule has 2 N–H and O–H groups in total. The van der Waals surface area contributed by atoms with Crippen molar-refractivity contribution in [1.29, 1.82) is 0 Å². The number of piperidine rings is 1. The van der Waals surface area contributed by atoms with Crippen molar-refractivity contribution in [2.45, 2.75) is 19.8 Å². The Kier molecular flexibility index (Phi) is 7.57. The molecule has 0 saturated carbocycles. The van der Waals surface area contributed by atoms with Crippen molar-refractivity contribution >= 4 is 35.8 Å².